The molecule has 2 amide bonds. The lowest BCUT2D eigenvalue weighted by molar-refractivity contribution is 0.0426. The second kappa shape index (κ2) is 4.90. The molecule has 0 spiro atoms. The first-order valence-electron chi connectivity index (χ1n) is 6.73. The Balaban J connectivity index is 1.93. The molecule has 6 heteroatoms. The van der Waals surface area contributed by atoms with Crippen LogP contribution in [0.2, 0.25) is 0 Å². The van der Waals surface area contributed by atoms with Gasteiger partial charge in [-0.1, -0.05) is 0 Å². The van der Waals surface area contributed by atoms with Crippen molar-refractivity contribution in [1.82, 2.24) is 10.2 Å². The predicted octanol–water partition coefficient (Wildman–Crippen LogP) is 1.90. The number of alkyl carbamates (subject to hydrolysis) is 1. The molecule has 1 heterocycles. The van der Waals surface area contributed by atoms with Crippen LogP contribution in [0, 0.1) is 11.8 Å². The van der Waals surface area contributed by atoms with Crippen LogP contribution >= 0.6 is 0 Å². The second-order valence-corrected chi connectivity index (χ2v) is 6.46. The molecule has 0 aromatic heterocycles. The van der Waals surface area contributed by atoms with E-state index in [1.165, 1.54) is 4.90 Å². The van der Waals surface area contributed by atoms with Crippen molar-refractivity contribution in [3.63, 3.8) is 0 Å². The summed E-state index contributed by atoms with van der Waals surface area (Å²) in [5, 5.41) is 12.0. The molecule has 1 saturated heterocycles. The minimum absolute atomic E-state index is 0.0467. The summed E-state index contributed by atoms with van der Waals surface area (Å²) < 4.78 is 5.26. The van der Waals surface area contributed by atoms with Crippen LogP contribution in [0.3, 0.4) is 0 Å². The number of piperidine rings is 1. The van der Waals surface area contributed by atoms with Gasteiger partial charge in [-0.05, 0) is 45.4 Å². The SMILES string of the molecule is CC(C)(C)OC(=O)NC1[C@@H]2CC[C@H]1CN(C(=O)O)C2. The van der Waals surface area contributed by atoms with Gasteiger partial charge in [0.2, 0.25) is 0 Å². The number of fused-ring (bicyclic) bond motifs is 2. The minimum Gasteiger partial charge on any atom is -0.465 e. The highest BCUT2D eigenvalue weighted by molar-refractivity contribution is 5.69. The zero-order chi connectivity index (χ0) is 14.2. The quantitative estimate of drug-likeness (QED) is 0.762. The molecule has 2 fully saturated rings. The zero-order valence-electron chi connectivity index (χ0n) is 11.7. The molecule has 0 aromatic carbocycles. The molecule has 1 aliphatic carbocycles. The summed E-state index contributed by atoms with van der Waals surface area (Å²) in [6.07, 6.45) is 0.662. The molecular weight excluding hydrogens is 248 g/mol. The standard InChI is InChI=1S/C13H22N2O4/c1-13(2,3)19-11(16)14-10-8-4-5-9(10)7-15(6-8)12(17)18/h8-10H,4-7H2,1-3H3,(H,14,16)(H,17,18)/t8-,9+,10?. The fraction of sp³-hybridized carbons (Fsp3) is 0.846. The van der Waals surface area contributed by atoms with Crippen LogP contribution in [0.15, 0.2) is 0 Å². The van der Waals surface area contributed by atoms with Crippen LogP contribution in [-0.4, -0.2) is 46.9 Å². The van der Waals surface area contributed by atoms with E-state index in [1.807, 2.05) is 20.8 Å². The number of amides is 2. The first-order chi connectivity index (χ1) is 8.76. The fourth-order valence-electron chi connectivity index (χ4n) is 3.06. The van der Waals surface area contributed by atoms with Crippen molar-refractivity contribution in [3.05, 3.63) is 0 Å². The Bertz CT molecular complexity index is 363. The Morgan fingerprint density at radius 2 is 1.74 bits per heavy atom. The Hall–Kier alpha value is -1.46. The summed E-state index contributed by atoms with van der Waals surface area (Å²) in [4.78, 5) is 24.3. The third-order valence-corrected chi connectivity index (χ3v) is 3.79. The topological polar surface area (TPSA) is 78.9 Å². The van der Waals surface area contributed by atoms with E-state index in [1.54, 1.807) is 0 Å². The van der Waals surface area contributed by atoms with Gasteiger partial charge in [-0.15, -0.1) is 0 Å². The van der Waals surface area contributed by atoms with Crippen molar-refractivity contribution in [3.8, 4) is 0 Å². The van der Waals surface area contributed by atoms with Gasteiger partial charge in [0.05, 0.1) is 0 Å². The van der Waals surface area contributed by atoms with E-state index in [0.29, 0.717) is 13.1 Å². The number of likely N-dealkylation sites (tertiary alicyclic amines) is 1. The summed E-state index contributed by atoms with van der Waals surface area (Å²) in [6, 6.07) is 0.0467. The maximum Gasteiger partial charge on any atom is 0.407 e. The van der Waals surface area contributed by atoms with Gasteiger partial charge in [-0.2, -0.15) is 0 Å². The summed E-state index contributed by atoms with van der Waals surface area (Å²) >= 11 is 0. The molecule has 108 valence electrons. The van der Waals surface area contributed by atoms with Gasteiger partial charge in [0.15, 0.2) is 0 Å². The lowest BCUT2D eigenvalue weighted by atomic mass is 9.92. The van der Waals surface area contributed by atoms with E-state index < -0.39 is 17.8 Å². The molecular formula is C13H22N2O4. The Morgan fingerprint density at radius 1 is 1.21 bits per heavy atom. The zero-order valence-corrected chi connectivity index (χ0v) is 11.7. The second-order valence-electron chi connectivity index (χ2n) is 6.46. The van der Waals surface area contributed by atoms with Crippen LogP contribution in [0.4, 0.5) is 9.59 Å². The average Bonchev–Trinajstić information content (AvgIpc) is 2.48. The number of nitrogens with one attached hydrogen (secondary N) is 1. The van der Waals surface area contributed by atoms with Crippen molar-refractivity contribution in [2.24, 2.45) is 11.8 Å². The fourth-order valence-corrected chi connectivity index (χ4v) is 3.06. The molecule has 1 unspecified atom stereocenters. The maximum atomic E-state index is 11.8. The van der Waals surface area contributed by atoms with Crippen molar-refractivity contribution < 1.29 is 19.4 Å². The first-order valence-corrected chi connectivity index (χ1v) is 6.73. The van der Waals surface area contributed by atoms with E-state index in [4.69, 9.17) is 9.84 Å². The van der Waals surface area contributed by atoms with Gasteiger partial charge in [0, 0.05) is 19.1 Å². The van der Waals surface area contributed by atoms with E-state index >= 15 is 0 Å². The maximum absolute atomic E-state index is 11.8. The van der Waals surface area contributed by atoms with Crippen LogP contribution < -0.4 is 5.32 Å². The molecule has 2 N–H and O–H groups in total. The molecule has 1 aliphatic heterocycles. The number of carbonyl (C=O) groups excluding carboxylic acids is 1. The molecule has 2 aliphatic rings. The molecule has 0 radical (unpaired) electrons. The third kappa shape index (κ3) is 3.30. The van der Waals surface area contributed by atoms with Crippen LogP contribution in [0.1, 0.15) is 33.6 Å². The number of nitrogens with zero attached hydrogens (tertiary/aromatic N) is 1. The van der Waals surface area contributed by atoms with Gasteiger partial charge in [-0.25, -0.2) is 9.59 Å². The van der Waals surface area contributed by atoms with Gasteiger partial charge < -0.3 is 20.1 Å². The summed E-state index contributed by atoms with van der Waals surface area (Å²) in [7, 11) is 0. The predicted molar refractivity (Wildman–Crippen MR) is 69.0 cm³/mol. The van der Waals surface area contributed by atoms with Gasteiger partial charge >= 0.3 is 12.2 Å². The van der Waals surface area contributed by atoms with Gasteiger partial charge in [0.1, 0.15) is 5.60 Å². The number of hydrogen-bond donors (Lipinski definition) is 2. The number of ether oxygens (including phenoxy) is 1. The van der Waals surface area contributed by atoms with Crippen LogP contribution in [-0.2, 0) is 4.74 Å². The summed E-state index contributed by atoms with van der Waals surface area (Å²) in [5.74, 6) is 0.421. The van der Waals surface area contributed by atoms with Crippen molar-refractivity contribution in [1.29, 1.82) is 0 Å². The van der Waals surface area contributed by atoms with Crippen LogP contribution in [0.25, 0.3) is 0 Å². The van der Waals surface area contributed by atoms with E-state index in [9.17, 15) is 9.59 Å². The molecule has 0 aromatic rings. The number of carbonyl (C=O) groups is 2. The summed E-state index contributed by atoms with van der Waals surface area (Å²) in [6.45, 7) is 6.50. The molecule has 2 bridgehead atoms. The highest BCUT2D eigenvalue weighted by Gasteiger charge is 2.44. The first kappa shape index (κ1) is 14.0. The number of hydrogen-bond acceptors (Lipinski definition) is 3. The number of carboxylic acid groups (broad SMARTS) is 1. The lowest BCUT2D eigenvalue weighted by Gasteiger charge is -2.37. The van der Waals surface area contributed by atoms with E-state index in [2.05, 4.69) is 5.32 Å². The molecule has 19 heavy (non-hydrogen) atoms. The molecule has 2 rings (SSSR count). The Kier molecular flexibility index (Phi) is 3.60. The smallest absolute Gasteiger partial charge is 0.407 e. The highest BCUT2D eigenvalue weighted by Crippen LogP contribution is 2.37. The van der Waals surface area contributed by atoms with E-state index in [-0.39, 0.29) is 17.9 Å². The van der Waals surface area contributed by atoms with E-state index in [0.717, 1.165) is 12.8 Å². The summed E-state index contributed by atoms with van der Waals surface area (Å²) in [5.41, 5.74) is -0.509. The Morgan fingerprint density at radius 3 is 2.16 bits per heavy atom. The van der Waals surface area contributed by atoms with Crippen LogP contribution in [0.5, 0.6) is 0 Å². The lowest BCUT2D eigenvalue weighted by Crippen LogP contribution is -2.54. The minimum atomic E-state index is -0.868. The normalized spacial score (nSPS) is 30.1. The molecule has 6 nitrogen and oxygen atoms in total. The van der Waals surface area contributed by atoms with Crippen molar-refractivity contribution in [2.75, 3.05) is 13.1 Å². The molecule has 3 atom stereocenters. The number of rotatable bonds is 1. The van der Waals surface area contributed by atoms with Gasteiger partial charge in [-0.3, -0.25) is 0 Å². The average molecular weight is 270 g/mol. The largest absolute Gasteiger partial charge is 0.465 e. The monoisotopic (exact) mass is 270 g/mol. The third-order valence-electron chi connectivity index (χ3n) is 3.79. The van der Waals surface area contributed by atoms with Crippen molar-refractivity contribution in [2.45, 2.75) is 45.3 Å². The van der Waals surface area contributed by atoms with Gasteiger partial charge in [0.25, 0.3) is 0 Å². The Labute approximate surface area is 113 Å². The highest BCUT2D eigenvalue weighted by atomic mass is 16.6. The van der Waals surface area contributed by atoms with Crippen molar-refractivity contribution >= 4 is 12.2 Å². The molecule has 1 saturated carbocycles.